The van der Waals surface area contributed by atoms with E-state index in [-0.39, 0.29) is 5.91 Å². The molecule has 0 spiro atoms. The minimum absolute atomic E-state index is 0.283. The zero-order chi connectivity index (χ0) is 23.7. The van der Waals surface area contributed by atoms with Crippen molar-refractivity contribution in [1.29, 1.82) is 0 Å². The summed E-state index contributed by atoms with van der Waals surface area (Å²) in [5.74, 6) is 1.85. The lowest BCUT2D eigenvalue weighted by Crippen LogP contribution is -2.11. The van der Waals surface area contributed by atoms with Crippen LogP contribution in [0.4, 0.5) is 5.69 Å². The average Bonchev–Trinajstić information content (AvgIpc) is 3.39. The van der Waals surface area contributed by atoms with Gasteiger partial charge in [-0.05, 0) is 30.3 Å². The van der Waals surface area contributed by atoms with Crippen LogP contribution in [0.1, 0.15) is 9.67 Å². The summed E-state index contributed by atoms with van der Waals surface area (Å²) in [5, 5.41) is 8.74. The number of aromatic nitrogens is 2. The molecule has 1 N–H and O–H groups in total. The van der Waals surface area contributed by atoms with E-state index in [1.165, 1.54) is 25.6 Å². The van der Waals surface area contributed by atoms with Gasteiger partial charge in [-0.1, -0.05) is 11.6 Å². The van der Waals surface area contributed by atoms with Crippen LogP contribution in [0.2, 0.25) is 5.02 Å². The highest BCUT2D eigenvalue weighted by molar-refractivity contribution is 7.20. The molecule has 0 fully saturated rings. The third-order valence-electron chi connectivity index (χ3n) is 5.11. The molecule has 0 radical (unpaired) electrons. The van der Waals surface area contributed by atoms with E-state index >= 15 is 0 Å². The first kappa shape index (κ1) is 22.8. The van der Waals surface area contributed by atoms with Crippen LogP contribution in [0.25, 0.3) is 21.5 Å². The Labute approximate surface area is 199 Å². The Hall–Kier alpha value is -3.43. The lowest BCUT2D eigenvalue weighted by molar-refractivity contribution is 0.103. The third-order valence-corrected chi connectivity index (χ3v) is 6.61. The number of thiophene rings is 1. The summed E-state index contributed by atoms with van der Waals surface area (Å²) < 4.78 is 23.1. The number of ether oxygens (including phenoxy) is 4. The molecular weight excluding hydrogens is 466 g/mol. The fourth-order valence-electron chi connectivity index (χ4n) is 3.49. The number of rotatable bonds is 7. The molecule has 33 heavy (non-hydrogen) atoms. The van der Waals surface area contributed by atoms with Gasteiger partial charge in [0.15, 0.2) is 11.5 Å². The molecule has 172 valence electrons. The van der Waals surface area contributed by atoms with Crippen molar-refractivity contribution in [3.05, 3.63) is 46.3 Å². The van der Waals surface area contributed by atoms with E-state index in [4.69, 9.17) is 30.5 Å². The highest BCUT2D eigenvalue weighted by Crippen LogP contribution is 2.39. The van der Waals surface area contributed by atoms with Crippen LogP contribution in [0.15, 0.2) is 36.4 Å². The first-order valence-electron chi connectivity index (χ1n) is 9.82. The maximum atomic E-state index is 13.1. The Balaban J connectivity index is 1.70. The van der Waals surface area contributed by atoms with Gasteiger partial charge in [0.05, 0.1) is 44.0 Å². The van der Waals surface area contributed by atoms with Gasteiger partial charge in [0.2, 0.25) is 0 Å². The van der Waals surface area contributed by atoms with E-state index in [1.807, 2.05) is 31.3 Å². The first-order valence-corrected chi connectivity index (χ1v) is 11.0. The van der Waals surface area contributed by atoms with E-state index in [1.54, 1.807) is 31.0 Å². The Morgan fingerprint density at radius 2 is 1.64 bits per heavy atom. The van der Waals surface area contributed by atoms with E-state index in [9.17, 15) is 4.79 Å². The van der Waals surface area contributed by atoms with Crippen LogP contribution in [0, 0.1) is 0 Å². The molecular formula is C23H22ClN3O5S. The van der Waals surface area contributed by atoms with Crippen molar-refractivity contribution in [2.24, 2.45) is 7.05 Å². The van der Waals surface area contributed by atoms with Gasteiger partial charge in [-0.25, -0.2) is 0 Å². The third kappa shape index (κ3) is 4.17. The van der Waals surface area contributed by atoms with Crippen LogP contribution in [-0.4, -0.2) is 44.1 Å². The second-order valence-corrected chi connectivity index (χ2v) is 8.45. The molecule has 10 heteroatoms. The fraction of sp³-hybridized carbons (Fsp3) is 0.217. The molecule has 0 bridgehead atoms. The van der Waals surface area contributed by atoms with Crippen LogP contribution >= 0.6 is 22.9 Å². The van der Waals surface area contributed by atoms with Crippen molar-refractivity contribution < 1.29 is 23.7 Å². The number of hydrogen-bond acceptors (Lipinski definition) is 7. The van der Waals surface area contributed by atoms with E-state index in [0.29, 0.717) is 38.6 Å². The number of methoxy groups -OCH3 is 4. The summed E-state index contributed by atoms with van der Waals surface area (Å²) in [7, 11) is 8.05. The minimum Gasteiger partial charge on any atom is -0.495 e. The second kappa shape index (κ2) is 9.21. The lowest BCUT2D eigenvalue weighted by Gasteiger charge is -2.12. The summed E-state index contributed by atoms with van der Waals surface area (Å²) >= 11 is 7.57. The van der Waals surface area contributed by atoms with Crippen molar-refractivity contribution in [2.75, 3.05) is 33.8 Å². The quantitative estimate of drug-likeness (QED) is 0.383. The number of aryl methyl sites for hydroxylation is 1. The van der Waals surface area contributed by atoms with Crippen molar-refractivity contribution >= 4 is 44.7 Å². The molecule has 2 aromatic carbocycles. The molecule has 0 aliphatic heterocycles. The number of anilines is 1. The molecule has 0 saturated heterocycles. The lowest BCUT2D eigenvalue weighted by atomic mass is 10.1. The standard InChI is InChI=1S/C23H22ClN3O5S/c1-27-23-13(21(26-27)12-6-7-16(29-2)19(8-12)32-5)9-20(33-23)22(28)25-15-10-14(24)17(30-3)11-18(15)31-4/h6-11H,1-5H3,(H,25,28). The summed E-state index contributed by atoms with van der Waals surface area (Å²) in [6.45, 7) is 0. The predicted molar refractivity (Wildman–Crippen MR) is 130 cm³/mol. The van der Waals surface area contributed by atoms with E-state index in [0.717, 1.165) is 21.5 Å². The maximum Gasteiger partial charge on any atom is 0.265 e. The fourth-order valence-corrected chi connectivity index (χ4v) is 4.70. The van der Waals surface area contributed by atoms with Crippen LogP contribution < -0.4 is 24.3 Å². The molecule has 2 aromatic heterocycles. The van der Waals surface area contributed by atoms with Gasteiger partial charge in [0, 0.05) is 24.1 Å². The maximum absolute atomic E-state index is 13.1. The molecule has 8 nitrogen and oxygen atoms in total. The summed E-state index contributed by atoms with van der Waals surface area (Å²) in [6.07, 6.45) is 0. The molecule has 0 unspecified atom stereocenters. The molecule has 0 aliphatic rings. The molecule has 4 rings (SSSR count). The summed E-state index contributed by atoms with van der Waals surface area (Å²) in [4.78, 5) is 14.4. The Bertz CT molecular complexity index is 1350. The molecule has 0 atom stereocenters. The number of halogens is 1. The van der Waals surface area contributed by atoms with Crippen LogP contribution in [0.5, 0.6) is 23.0 Å². The predicted octanol–water partition coefficient (Wildman–Crippen LogP) is 5.24. The van der Waals surface area contributed by atoms with Gasteiger partial charge < -0.3 is 24.3 Å². The highest BCUT2D eigenvalue weighted by atomic mass is 35.5. The molecule has 4 aromatic rings. The summed E-state index contributed by atoms with van der Waals surface area (Å²) in [6, 6.07) is 10.6. The number of benzene rings is 2. The number of amides is 1. The highest BCUT2D eigenvalue weighted by Gasteiger charge is 2.20. The number of carbonyl (C=O) groups excluding carboxylic acids is 1. The van der Waals surface area contributed by atoms with Crippen molar-refractivity contribution in [3.63, 3.8) is 0 Å². The van der Waals surface area contributed by atoms with Gasteiger partial charge in [-0.15, -0.1) is 11.3 Å². The molecule has 0 aliphatic carbocycles. The second-order valence-electron chi connectivity index (χ2n) is 7.01. The topological polar surface area (TPSA) is 83.8 Å². The van der Waals surface area contributed by atoms with Crippen molar-refractivity contribution in [1.82, 2.24) is 9.78 Å². The monoisotopic (exact) mass is 487 g/mol. The van der Waals surface area contributed by atoms with Crippen LogP contribution in [0.3, 0.4) is 0 Å². The van der Waals surface area contributed by atoms with Crippen molar-refractivity contribution in [3.8, 4) is 34.3 Å². The van der Waals surface area contributed by atoms with Crippen molar-refractivity contribution in [2.45, 2.75) is 0 Å². The summed E-state index contributed by atoms with van der Waals surface area (Å²) in [5.41, 5.74) is 2.05. The minimum atomic E-state index is -0.283. The van der Waals surface area contributed by atoms with Gasteiger partial charge in [0.1, 0.15) is 22.0 Å². The Morgan fingerprint density at radius 1 is 0.939 bits per heavy atom. The first-order chi connectivity index (χ1) is 15.9. The van der Waals surface area contributed by atoms with Gasteiger partial charge in [-0.2, -0.15) is 5.10 Å². The molecule has 0 saturated carbocycles. The number of carbonyl (C=O) groups is 1. The van der Waals surface area contributed by atoms with E-state index in [2.05, 4.69) is 10.4 Å². The van der Waals surface area contributed by atoms with Gasteiger partial charge in [0.25, 0.3) is 5.91 Å². The van der Waals surface area contributed by atoms with E-state index < -0.39 is 0 Å². The molecule has 2 heterocycles. The average molecular weight is 488 g/mol. The zero-order valence-corrected chi connectivity index (χ0v) is 20.3. The SMILES string of the molecule is COc1cc(OC)c(NC(=O)c2cc3c(-c4ccc(OC)c(OC)c4)nn(C)c3s2)cc1Cl. The Kier molecular flexibility index (Phi) is 6.35. The van der Waals surface area contributed by atoms with Gasteiger partial charge >= 0.3 is 0 Å². The Morgan fingerprint density at radius 3 is 2.30 bits per heavy atom. The normalized spacial score (nSPS) is 10.8. The number of nitrogens with one attached hydrogen (secondary N) is 1. The number of hydrogen-bond donors (Lipinski definition) is 1. The van der Waals surface area contributed by atoms with Gasteiger partial charge in [-0.3, -0.25) is 9.48 Å². The number of fused-ring (bicyclic) bond motifs is 1. The zero-order valence-electron chi connectivity index (χ0n) is 18.7. The largest absolute Gasteiger partial charge is 0.495 e. The van der Waals surface area contributed by atoms with Crippen LogP contribution in [-0.2, 0) is 7.05 Å². The smallest absolute Gasteiger partial charge is 0.265 e. The molecule has 1 amide bonds. The number of nitrogens with zero attached hydrogens (tertiary/aromatic N) is 2.